The Balaban J connectivity index is 1.80. The highest BCUT2D eigenvalue weighted by Crippen LogP contribution is 2.18. The summed E-state index contributed by atoms with van der Waals surface area (Å²) in [5, 5.41) is 2.99. The zero-order chi connectivity index (χ0) is 15.8. The van der Waals surface area contributed by atoms with E-state index in [1.807, 2.05) is 31.2 Å². The Morgan fingerprint density at radius 1 is 1.32 bits per heavy atom. The number of amides is 1. The first-order valence-corrected chi connectivity index (χ1v) is 7.35. The average Bonchev–Trinajstić information content (AvgIpc) is 2.54. The van der Waals surface area contributed by atoms with E-state index in [0.717, 1.165) is 17.0 Å². The van der Waals surface area contributed by atoms with E-state index >= 15 is 0 Å². The summed E-state index contributed by atoms with van der Waals surface area (Å²) in [6.45, 7) is 1.97. The molecule has 0 unspecified atom stereocenters. The fraction of sp³-hybridized carbons (Fsp3) is 0.353. The second kappa shape index (κ2) is 8.12. The van der Waals surface area contributed by atoms with E-state index in [0.29, 0.717) is 19.3 Å². The highest BCUT2D eigenvalue weighted by molar-refractivity contribution is 5.76. The number of para-hydroxylation sites is 1. The number of aromatic nitrogens is 2. The lowest BCUT2D eigenvalue weighted by Gasteiger charge is -2.14. The number of hydrogen-bond acceptors (Lipinski definition) is 4. The van der Waals surface area contributed by atoms with Crippen molar-refractivity contribution in [2.24, 2.45) is 0 Å². The number of rotatable bonds is 7. The Morgan fingerprint density at radius 3 is 2.86 bits per heavy atom. The maximum Gasteiger partial charge on any atom is 0.220 e. The fourth-order valence-corrected chi connectivity index (χ4v) is 2.30. The fourth-order valence-electron chi connectivity index (χ4n) is 2.30. The standard InChI is InChI=1S/C17H21N3O2/c1-13(11-15-12-18-9-10-19-15)20-17(21)8-7-14-5-3-4-6-16(14)22-2/h3-6,9-10,12-13H,7-8,11H2,1-2H3,(H,20,21)/t13-/m1/s1. The third kappa shape index (κ3) is 4.84. The predicted octanol–water partition coefficient (Wildman–Crippen LogP) is 2.17. The van der Waals surface area contributed by atoms with Crippen LogP contribution in [-0.4, -0.2) is 29.0 Å². The molecule has 0 aliphatic heterocycles. The molecule has 1 amide bonds. The molecule has 0 aliphatic carbocycles. The van der Waals surface area contributed by atoms with Gasteiger partial charge in [-0.2, -0.15) is 0 Å². The maximum absolute atomic E-state index is 12.0. The van der Waals surface area contributed by atoms with E-state index in [4.69, 9.17) is 4.74 Å². The molecule has 0 fully saturated rings. The van der Waals surface area contributed by atoms with Gasteiger partial charge >= 0.3 is 0 Å². The van der Waals surface area contributed by atoms with Crippen LogP contribution in [0.15, 0.2) is 42.9 Å². The van der Waals surface area contributed by atoms with Crippen LogP contribution in [0.25, 0.3) is 0 Å². The molecular weight excluding hydrogens is 278 g/mol. The Bertz CT molecular complexity index is 602. The van der Waals surface area contributed by atoms with Gasteiger partial charge in [0, 0.05) is 37.5 Å². The van der Waals surface area contributed by atoms with Gasteiger partial charge in [-0.15, -0.1) is 0 Å². The quantitative estimate of drug-likeness (QED) is 0.851. The number of aryl methyl sites for hydroxylation is 1. The summed E-state index contributed by atoms with van der Waals surface area (Å²) in [5.41, 5.74) is 1.92. The van der Waals surface area contributed by atoms with Gasteiger partial charge in [0.1, 0.15) is 5.75 Å². The third-order valence-electron chi connectivity index (χ3n) is 3.35. The van der Waals surface area contributed by atoms with Gasteiger partial charge in [0.05, 0.1) is 12.8 Å². The van der Waals surface area contributed by atoms with Gasteiger partial charge in [-0.25, -0.2) is 0 Å². The van der Waals surface area contributed by atoms with Crippen LogP contribution in [0, 0.1) is 0 Å². The molecule has 2 aromatic rings. The van der Waals surface area contributed by atoms with Crippen molar-refractivity contribution in [3.8, 4) is 5.75 Å². The van der Waals surface area contributed by atoms with Crippen LogP contribution in [0.1, 0.15) is 24.6 Å². The Labute approximate surface area is 130 Å². The highest BCUT2D eigenvalue weighted by atomic mass is 16.5. The summed E-state index contributed by atoms with van der Waals surface area (Å²) in [7, 11) is 1.64. The van der Waals surface area contributed by atoms with Gasteiger partial charge in [-0.3, -0.25) is 14.8 Å². The Hall–Kier alpha value is -2.43. The topological polar surface area (TPSA) is 64.1 Å². The summed E-state index contributed by atoms with van der Waals surface area (Å²) in [6, 6.07) is 7.79. The number of nitrogens with one attached hydrogen (secondary N) is 1. The van der Waals surface area contributed by atoms with Gasteiger partial charge < -0.3 is 10.1 Å². The number of carbonyl (C=O) groups excluding carboxylic acids is 1. The zero-order valence-corrected chi connectivity index (χ0v) is 13.0. The predicted molar refractivity (Wildman–Crippen MR) is 84.7 cm³/mol. The first-order chi connectivity index (χ1) is 10.7. The molecule has 0 saturated heterocycles. The lowest BCUT2D eigenvalue weighted by Crippen LogP contribution is -2.34. The molecular formula is C17H21N3O2. The molecule has 22 heavy (non-hydrogen) atoms. The average molecular weight is 299 g/mol. The first kappa shape index (κ1) is 15.9. The van der Waals surface area contributed by atoms with E-state index in [2.05, 4.69) is 15.3 Å². The smallest absolute Gasteiger partial charge is 0.220 e. The van der Waals surface area contributed by atoms with Crippen LogP contribution in [-0.2, 0) is 17.6 Å². The lowest BCUT2D eigenvalue weighted by atomic mass is 10.1. The minimum absolute atomic E-state index is 0.0295. The molecule has 0 radical (unpaired) electrons. The second-order valence-electron chi connectivity index (χ2n) is 5.18. The van der Waals surface area contributed by atoms with Gasteiger partial charge in [-0.05, 0) is 25.0 Å². The van der Waals surface area contributed by atoms with Crippen LogP contribution in [0.2, 0.25) is 0 Å². The molecule has 5 heteroatoms. The van der Waals surface area contributed by atoms with Crippen LogP contribution >= 0.6 is 0 Å². The molecule has 1 atom stereocenters. The summed E-state index contributed by atoms with van der Waals surface area (Å²) >= 11 is 0. The molecule has 0 bridgehead atoms. The van der Waals surface area contributed by atoms with Crippen molar-refractivity contribution in [1.82, 2.24) is 15.3 Å². The number of carbonyl (C=O) groups is 1. The minimum atomic E-state index is 0.0295. The summed E-state index contributed by atoms with van der Waals surface area (Å²) in [6.07, 6.45) is 6.79. The van der Waals surface area contributed by atoms with Crippen molar-refractivity contribution >= 4 is 5.91 Å². The summed E-state index contributed by atoms with van der Waals surface area (Å²) in [4.78, 5) is 20.3. The number of nitrogens with zero attached hydrogens (tertiary/aromatic N) is 2. The van der Waals surface area contributed by atoms with Crippen LogP contribution in [0.4, 0.5) is 0 Å². The normalized spacial score (nSPS) is 11.7. The molecule has 0 spiro atoms. The van der Waals surface area contributed by atoms with Crippen molar-refractivity contribution in [3.05, 3.63) is 54.1 Å². The number of benzene rings is 1. The van der Waals surface area contributed by atoms with Gasteiger partial charge in [-0.1, -0.05) is 18.2 Å². The van der Waals surface area contributed by atoms with E-state index < -0.39 is 0 Å². The monoisotopic (exact) mass is 299 g/mol. The van der Waals surface area contributed by atoms with E-state index in [9.17, 15) is 4.79 Å². The maximum atomic E-state index is 12.0. The van der Waals surface area contributed by atoms with Crippen molar-refractivity contribution in [2.75, 3.05) is 7.11 Å². The van der Waals surface area contributed by atoms with E-state index in [1.54, 1.807) is 25.7 Å². The molecule has 1 aromatic carbocycles. The van der Waals surface area contributed by atoms with Crippen molar-refractivity contribution in [3.63, 3.8) is 0 Å². The zero-order valence-electron chi connectivity index (χ0n) is 13.0. The van der Waals surface area contributed by atoms with Gasteiger partial charge in [0.2, 0.25) is 5.91 Å². The largest absolute Gasteiger partial charge is 0.496 e. The molecule has 116 valence electrons. The van der Waals surface area contributed by atoms with Crippen molar-refractivity contribution < 1.29 is 9.53 Å². The molecule has 1 aromatic heterocycles. The van der Waals surface area contributed by atoms with Gasteiger partial charge in [0.25, 0.3) is 0 Å². The van der Waals surface area contributed by atoms with Crippen LogP contribution in [0.3, 0.4) is 0 Å². The molecule has 0 saturated carbocycles. The Kier molecular flexibility index (Phi) is 5.89. The number of hydrogen-bond donors (Lipinski definition) is 1. The van der Waals surface area contributed by atoms with Gasteiger partial charge in [0.15, 0.2) is 0 Å². The summed E-state index contributed by atoms with van der Waals surface area (Å²) in [5.74, 6) is 0.852. The first-order valence-electron chi connectivity index (χ1n) is 7.35. The SMILES string of the molecule is COc1ccccc1CCC(=O)N[C@H](C)Cc1cnccn1. The van der Waals surface area contributed by atoms with Crippen molar-refractivity contribution in [2.45, 2.75) is 32.2 Å². The van der Waals surface area contributed by atoms with Crippen LogP contribution in [0.5, 0.6) is 5.75 Å². The second-order valence-corrected chi connectivity index (χ2v) is 5.18. The number of ether oxygens (including phenoxy) is 1. The third-order valence-corrected chi connectivity index (χ3v) is 3.35. The van der Waals surface area contributed by atoms with E-state index in [1.165, 1.54) is 0 Å². The van der Waals surface area contributed by atoms with Crippen molar-refractivity contribution in [1.29, 1.82) is 0 Å². The molecule has 1 heterocycles. The molecule has 2 rings (SSSR count). The van der Waals surface area contributed by atoms with E-state index in [-0.39, 0.29) is 11.9 Å². The molecule has 5 nitrogen and oxygen atoms in total. The Morgan fingerprint density at radius 2 is 2.14 bits per heavy atom. The summed E-state index contributed by atoms with van der Waals surface area (Å²) < 4.78 is 5.29. The number of methoxy groups -OCH3 is 1. The lowest BCUT2D eigenvalue weighted by molar-refractivity contribution is -0.121. The minimum Gasteiger partial charge on any atom is -0.496 e. The van der Waals surface area contributed by atoms with Crippen LogP contribution < -0.4 is 10.1 Å². The highest BCUT2D eigenvalue weighted by Gasteiger charge is 2.10. The molecule has 1 N–H and O–H groups in total. The molecule has 0 aliphatic rings.